The number of nitrogens with one attached hydrogen (secondary N) is 1. The van der Waals surface area contributed by atoms with Crippen LogP contribution in [0, 0.1) is 5.82 Å². The molecule has 0 aliphatic rings. The van der Waals surface area contributed by atoms with Gasteiger partial charge in [-0.1, -0.05) is 15.9 Å². The predicted octanol–water partition coefficient (Wildman–Crippen LogP) is 4.76. The highest BCUT2D eigenvalue weighted by Crippen LogP contribution is 2.38. The van der Waals surface area contributed by atoms with Crippen LogP contribution in [0.4, 0.5) is 4.39 Å². The maximum Gasteiger partial charge on any atom is 0.307 e. The third kappa shape index (κ3) is 3.14. The summed E-state index contributed by atoms with van der Waals surface area (Å²) in [5.41, 5.74) is 2.59. The predicted molar refractivity (Wildman–Crippen MR) is 93.9 cm³/mol. The van der Waals surface area contributed by atoms with E-state index in [0.717, 1.165) is 10.0 Å². The number of hydrogen-bond donors (Lipinski definition) is 2. The molecule has 2 aromatic carbocycles. The third-order valence-corrected chi connectivity index (χ3v) is 4.20. The Labute approximate surface area is 146 Å². The number of carbonyl (C=O) groups is 1. The normalized spacial score (nSPS) is 11.0. The number of ether oxygens (including phenoxy) is 1. The quantitative estimate of drug-likeness (QED) is 0.658. The molecule has 0 aliphatic carbocycles. The minimum Gasteiger partial charge on any atom is -0.493 e. The molecule has 0 aliphatic heterocycles. The number of H-pyrrole nitrogens is 1. The van der Waals surface area contributed by atoms with Gasteiger partial charge in [0.05, 0.1) is 18.7 Å². The van der Waals surface area contributed by atoms with Crippen LogP contribution < -0.4 is 4.74 Å². The van der Waals surface area contributed by atoms with Gasteiger partial charge in [0, 0.05) is 20.9 Å². The number of rotatable bonds is 5. The van der Waals surface area contributed by atoms with Crippen molar-refractivity contribution in [1.82, 2.24) is 4.98 Å². The van der Waals surface area contributed by atoms with Crippen LogP contribution in [0.15, 0.2) is 40.9 Å². The summed E-state index contributed by atoms with van der Waals surface area (Å²) >= 11 is 3.43. The zero-order valence-electron chi connectivity index (χ0n) is 12.9. The SMILES string of the molecule is CCOc1ccc(Br)cc1-c1[nH]c2ccc(F)cc2c1CC(=O)O. The Bertz CT molecular complexity index is 920. The van der Waals surface area contributed by atoms with Crippen molar-refractivity contribution in [2.45, 2.75) is 13.3 Å². The van der Waals surface area contributed by atoms with Gasteiger partial charge in [0.2, 0.25) is 0 Å². The van der Waals surface area contributed by atoms with E-state index in [1.165, 1.54) is 12.1 Å². The van der Waals surface area contributed by atoms with E-state index >= 15 is 0 Å². The molecule has 0 unspecified atom stereocenters. The van der Waals surface area contributed by atoms with Gasteiger partial charge in [-0.25, -0.2) is 4.39 Å². The second kappa shape index (κ2) is 6.65. The van der Waals surface area contributed by atoms with Gasteiger partial charge in [0.15, 0.2) is 0 Å². The summed E-state index contributed by atoms with van der Waals surface area (Å²) in [6.45, 7) is 2.36. The van der Waals surface area contributed by atoms with Crippen LogP contribution in [0.1, 0.15) is 12.5 Å². The Kier molecular flexibility index (Phi) is 4.57. The van der Waals surface area contributed by atoms with Gasteiger partial charge in [-0.05, 0) is 48.9 Å². The zero-order chi connectivity index (χ0) is 17.3. The Balaban J connectivity index is 2.29. The highest BCUT2D eigenvalue weighted by Gasteiger charge is 2.19. The van der Waals surface area contributed by atoms with E-state index in [1.807, 2.05) is 25.1 Å². The number of carboxylic acids is 1. The fourth-order valence-corrected chi connectivity index (χ4v) is 3.12. The van der Waals surface area contributed by atoms with E-state index in [2.05, 4.69) is 20.9 Å². The minimum absolute atomic E-state index is 0.211. The number of aromatic amines is 1. The summed E-state index contributed by atoms with van der Waals surface area (Å²) in [5.74, 6) is -0.743. The van der Waals surface area contributed by atoms with E-state index < -0.39 is 11.8 Å². The number of aromatic nitrogens is 1. The van der Waals surface area contributed by atoms with Crippen molar-refractivity contribution < 1.29 is 19.0 Å². The van der Waals surface area contributed by atoms with Crippen molar-refractivity contribution in [3.8, 4) is 17.0 Å². The first-order valence-corrected chi connectivity index (χ1v) is 8.23. The molecule has 1 heterocycles. The second-order valence-corrected chi connectivity index (χ2v) is 6.23. The Morgan fingerprint density at radius 2 is 2.08 bits per heavy atom. The van der Waals surface area contributed by atoms with Crippen LogP contribution >= 0.6 is 15.9 Å². The van der Waals surface area contributed by atoms with Crippen LogP contribution in [0.2, 0.25) is 0 Å². The zero-order valence-corrected chi connectivity index (χ0v) is 14.5. The standard InChI is InChI=1S/C18H15BrFNO3/c1-2-24-16-6-3-10(19)7-14(16)18-13(9-17(22)23)12-8-11(20)4-5-15(12)21-18/h3-8,21H,2,9H2,1H3,(H,22,23). The van der Waals surface area contributed by atoms with Gasteiger partial charge in [-0.2, -0.15) is 0 Å². The number of carboxylic acid groups (broad SMARTS) is 1. The molecule has 3 aromatic rings. The molecule has 0 saturated carbocycles. The highest BCUT2D eigenvalue weighted by atomic mass is 79.9. The topological polar surface area (TPSA) is 62.3 Å². The molecule has 4 nitrogen and oxygen atoms in total. The van der Waals surface area contributed by atoms with Crippen molar-refractivity contribution in [3.63, 3.8) is 0 Å². The third-order valence-electron chi connectivity index (χ3n) is 3.71. The highest BCUT2D eigenvalue weighted by molar-refractivity contribution is 9.10. The van der Waals surface area contributed by atoms with Crippen LogP contribution in [0.25, 0.3) is 22.2 Å². The number of halogens is 2. The summed E-state index contributed by atoms with van der Waals surface area (Å²) in [4.78, 5) is 14.5. The van der Waals surface area contributed by atoms with E-state index in [-0.39, 0.29) is 6.42 Å². The van der Waals surface area contributed by atoms with Crippen LogP contribution in [0.3, 0.4) is 0 Å². The first kappa shape index (κ1) is 16.5. The molecule has 0 saturated heterocycles. The molecule has 6 heteroatoms. The maximum atomic E-state index is 13.6. The summed E-state index contributed by atoms with van der Waals surface area (Å²) in [5, 5.41) is 9.83. The van der Waals surface area contributed by atoms with Crippen molar-refractivity contribution in [2.24, 2.45) is 0 Å². The van der Waals surface area contributed by atoms with Gasteiger partial charge < -0.3 is 14.8 Å². The van der Waals surface area contributed by atoms with Crippen molar-refractivity contribution in [3.05, 3.63) is 52.3 Å². The molecule has 0 amide bonds. The summed E-state index contributed by atoms with van der Waals surface area (Å²) in [7, 11) is 0. The monoisotopic (exact) mass is 391 g/mol. The fraction of sp³-hybridized carbons (Fsp3) is 0.167. The van der Waals surface area contributed by atoms with E-state index in [0.29, 0.717) is 34.5 Å². The molecule has 0 radical (unpaired) electrons. The lowest BCUT2D eigenvalue weighted by atomic mass is 10.0. The average Bonchev–Trinajstić information content (AvgIpc) is 2.87. The molecule has 124 valence electrons. The molecule has 0 atom stereocenters. The Morgan fingerprint density at radius 1 is 1.29 bits per heavy atom. The molecule has 1 aromatic heterocycles. The second-order valence-electron chi connectivity index (χ2n) is 5.31. The lowest BCUT2D eigenvalue weighted by Crippen LogP contribution is -2.02. The van der Waals surface area contributed by atoms with Gasteiger partial charge in [0.1, 0.15) is 11.6 Å². The average molecular weight is 392 g/mol. The number of hydrogen-bond acceptors (Lipinski definition) is 2. The molecule has 3 rings (SSSR count). The summed E-state index contributed by atoms with van der Waals surface area (Å²) in [6.07, 6.45) is -0.211. The molecule has 2 N–H and O–H groups in total. The fourth-order valence-electron chi connectivity index (χ4n) is 2.76. The molecule has 24 heavy (non-hydrogen) atoms. The van der Waals surface area contributed by atoms with Gasteiger partial charge in [-0.15, -0.1) is 0 Å². The van der Waals surface area contributed by atoms with Crippen molar-refractivity contribution in [2.75, 3.05) is 6.61 Å². The largest absolute Gasteiger partial charge is 0.493 e. The molecular formula is C18H15BrFNO3. The summed E-state index contributed by atoms with van der Waals surface area (Å²) in [6, 6.07) is 9.84. The smallest absolute Gasteiger partial charge is 0.307 e. The Hall–Kier alpha value is -2.34. The molecule has 0 bridgehead atoms. The van der Waals surface area contributed by atoms with Crippen LogP contribution in [0.5, 0.6) is 5.75 Å². The van der Waals surface area contributed by atoms with Crippen molar-refractivity contribution >= 4 is 32.8 Å². The van der Waals surface area contributed by atoms with E-state index in [1.54, 1.807) is 6.07 Å². The lowest BCUT2D eigenvalue weighted by Gasteiger charge is -2.11. The Morgan fingerprint density at radius 3 is 2.79 bits per heavy atom. The van der Waals surface area contributed by atoms with Gasteiger partial charge >= 0.3 is 5.97 Å². The minimum atomic E-state index is -0.977. The van der Waals surface area contributed by atoms with Crippen molar-refractivity contribution in [1.29, 1.82) is 0 Å². The van der Waals surface area contributed by atoms with Gasteiger partial charge in [0.25, 0.3) is 0 Å². The number of fused-ring (bicyclic) bond motifs is 1. The van der Waals surface area contributed by atoms with E-state index in [4.69, 9.17) is 4.74 Å². The number of benzene rings is 2. The lowest BCUT2D eigenvalue weighted by molar-refractivity contribution is -0.136. The van der Waals surface area contributed by atoms with E-state index in [9.17, 15) is 14.3 Å². The molecule has 0 fully saturated rings. The van der Waals surface area contributed by atoms with Crippen LogP contribution in [-0.2, 0) is 11.2 Å². The number of aliphatic carboxylic acids is 1. The summed E-state index contributed by atoms with van der Waals surface area (Å²) < 4.78 is 20.1. The maximum absolute atomic E-state index is 13.6. The first-order valence-electron chi connectivity index (χ1n) is 7.44. The molecule has 0 spiro atoms. The van der Waals surface area contributed by atoms with Gasteiger partial charge in [-0.3, -0.25) is 4.79 Å². The first-order chi connectivity index (χ1) is 11.5. The molecular weight excluding hydrogens is 377 g/mol. The van der Waals surface area contributed by atoms with Crippen LogP contribution in [-0.4, -0.2) is 22.7 Å².